The number of thioether (sulfide) groups is 1. The fourth-order valence-corrected chi connectivity index (χ4v) is 3.88. The highest BCUT2D eigenvalue weighted by Gasteiger charge is 2.35. The van der Waals surface area contributed by atoms with Crippen molar-refractivity contribution in [3.8, 4) is 6.07 Å². The fourth-order valence-electron chi connectivity index (χ4n) is 2.68. The third kappa shape index (κ3) is 3.16. The van der Waals surface area contributed by atoms with Crippen molar-refractivity contribution >= 4 is 17.7 Å². The summed E-state index contributed by atoms with van der Waals surface area (Å²) in [6.45, 7) is 0. The normalized spacial score (nSPS) is 28.1. The molecule has 1 N–H and O–H groups in total. The maximum Gasteiger partial charge on any atom is 0.234 e. The molecule has 2 fully saturated rings. The topological polar surface area (TPSA) is 52.9 Å². The molecule has 1 amide bonds. The summed E-state index contributed by atoms with van der Waals surface area (Å²) in [5, 5.41) is 12.4. The molecule has 1 aliphatic heterocycles. The number of carbonyl (C=O) groups is 1. The summed E-state index contributed by atoms with van der Waals surface area (Å²) in [6.07, 6.45) is 8.30. The van der Waals surface area contributed by atoms with Gasteiger partial charge in [-0.3, -0.25) is 4.79 Å². The maximum atomic E-state index is 12.1. The van der Waals surface area contributed by atoms with Crippen LogP contribution in [-0.4, -0.2) is 22.4 Å². The number of nitrogens with one attached hydrogen (secondary N) is 1. The molecule has 0 radical (unpaired) electrons. The monoisotopic (exact) mass is 252 g/mol. The second-order valence-electron chi connectivity index (χ2n) is 5.10. The third-order valence-electron chi connectivity index (χ3n) is 3.76. The summed E-state index contributed by atoms with van der Waals surface area (Å²) < 4.78 is 0. The van der Waals surface area contributed by atoms with Crippen LogP contribution in [0.4, 0.5) is 0 Å². The molecule has 1 aliphatic carbocycles. The Balaban J connectivity index is 1.93. The molecular formula is C13H20N2OS. The minimum atomic E-state index is -0.562. The second kappa shape index (κ2) is 5.77. The van der Waals surface area contributed by atoms with Gasteiger partial charge in [0.15, 0.2) is 0 Å². The lowest BCUT2D eigenvalue weighted by Gasteiger charge is -2.33. The van der Waals surface area contributed by atoms with Crippen molar-refractivity contribution in [1.29, 1.82) is 5.26 Å². The Labute approximate surface area is 107 Å². The van der Waals surface area contributed by atoms with E-state index in [1.807, 2.05) is 0 Å². The average molecular weight is 252 g/mol. The van der Waals surface area contributed by atoms with Gasteiger partial charge in [0.2, 0.25) is 5.91 Å². The zero-order chi connectivity index (χ0) is 12.1. The van der Waals surface area contributed by atoms with Crippen molar-refractivity contribution in [2.75, 3.05) is 5.75 Å². The van der Waals surface area contributed by atoms with Crippen molar-refractivity contribution in [2.24, 2.45) is 0 Å². The predicted octanol–water partition coefficient (Wildman–Crippen LogP) is 2.61. The minimum Gasteiger partial charge on any atom is -0.337 e. The van der Waals surface area contributed by atoms with E-state index in [9.17, 15) is 10.1 Å². The Morgan fingerprint density at radius 3 is 2.59 bits per heavy atom. The number of amides is 1. The van der Waals surface area contributed by atoms with Crippen LogP contribution in [0.25, 0.3) is 0 Å². The summed E-state index contributed by atoms with van der Waals surface area (Å²) in [6, 6.07) is 2.35. The van der Waals surface area contributed by atoms with Gasteiger partial charge in [-0.25, -0.2) is 0 Å². The van der Waals surface area contributed by atoms with Crippen LogP contribution in [0.3, 0.4) is 0 Å². The number of nitriles is 1. The van der Waals surface area contributed by atoms with Crippen LogP contribution < -0.4 is 5.32 Å². The number of hydrogen-bond acceptors (Lipinski definition) is 3. The van der Waals surface area contributed by atoms with Crippen LogP contribution in [0.15, 0.2) is 0 Å². The van der Waals surface area contributed by atoms with Crippen LogP contribution in [0.1, 0.15) is 51.4 Å². The summed E-state index contributed by atoms with van der Waals surface area (Å²) in [4.78, 5) is 12.1. The number of nitrogens with zero attached hydrogens (tertiary/aromatic N) is 1. The first-order valence-corrected chi connectivity index (χ1v) is 7.65. The van der Waals surface area contributed by atoms with Crippen LogP contribution in [-0.2, 0) is 4.79 Å². The van der Waals surface area contributed by atoms with Gasteiger partial charge in [0.1, 0.15) is 5.54 Å². The molecular weight excluding hydrogens is 232 g/mol. The Morgan fingerprint density at radius 1 is 1.24 bits per heavy atom. The zero-order valence-corrected chi connectivity index (χ0v) is 11.0. The Bertz CT molecular complexity index is 312. The minimum absolute atomic E-state index is 0.0795. The standard InChI is InChI=1S/C13H20N2OS/c14-10-13(7-3-1-4-8-13)15-12(16)11-6-2-5-9-17-11/h11H,1-9H2,(H,15,16). The van der Waals surface area contributed by atoms with E-state index in [4.69, 9.17) is 0 Å². The van der Waals surface area contributed by atoms with E-state index in [-0.39, 0.29) is 11.2 Å². The molecule has 0 aromatic carbocycles. The molecule has 1 saturated heterocycles. The molecule has 0 spiro atoms. The Hall–Kier alpha value is -0.690. The van der Waals surface area contributed by atoms with Crippen molar-refractivity contribution in [3.05, 3.63) is 0 Å². The van der Waals surface area contributed by atoms with Crippen molar-refractivity contribution in [1.82, 2.24) is 5.32 Å². The number of carbonyl (C=O) groups excluding carboxylic acids is 1. The van der Waals surface area contributed by atoms with Crippen molar-refractivity contribution in [2.45, 2.75) is 62.2 Å². The second-order valence-corrected chi connectivity index (χ2v) is 6.41. The fraction of sp³-hybridized carbons (Fsp3) is 0.846. The molecule has 1 saturated carbocycles. The summed E-state index contributed by atoms with van der Waals surface area (Å²) >= 11 is 1.75. The third-order valence-corrected chi connectivity index (χ3v) is 5.13. The SMILES string of the molecule is N#CC1(NC(=O)C2CCCCS2)CCCCC1. The first-order chi connectivity index (χ1) is 8.26. The van der Waals surface area contributed by atoms with Crippen LogP contribution in [0.2, 0.25) is 0 Å². The van der Waals surface area contributed by atoms with E-state index in [0.717, 1.165) is 44.3 Å². The number of hydrogen-bond donors (Lipinski definition) is 1. The van der Waals surface area contributed by atoms with Crippen molar-refractivity contribution in [3.63, 3.8) is 0 Å². The first kappa shape index (κ1) is 12.8. The lowest BCUT2D eigenvalue weighted by molar-refractivity contribution is -0.122. The molecule has 4 heteroatoms. The molecule has 0 aromatic rings. The van der Waals surface area contributed by atoms with Gasteiger partial charge in [-0.1, -0.05) is 25.7 Å². The van der Waals surface area contributed by atoms with Crippen LogP contribution in [0.5, 0.6) is 0 Å². The quantitative estimate of drug-likeness (QED) is 0.822. The van der Waals surface area contributed by atoms with Gasteiger partial charge in [0, 0.05) is 0 Å². The predicted molar refractivity (Wildman–Crippen MR) is 69.7 cm³/mol. The molecule has 94 valence electrons. The number of rotatable bonds is 2. The molecule has 2 rings (SSSR count). The van der Waals surface area contributed by atoms with E-state index in [0.29, 0.717) is 0 Å². The van der Waals surface area contributed by atoms with Gasteiger partial charge in [-0.05, 0) is 31.4 Å². The molecule has 1 atom stereocenters. The van der Waals surface area contributed by atoms with Gasteiger partial charge in [-0.15, -0.1) is 11.8 Å². The first-order valence-electron chi connectivity index (χ1n) is 6.61. The Kier molecular flexibility index (Phi) is 4.33. The molecule has 17 heavy (non-hydrogen) atoms. The van der Waals surface area contributed by atoms with Gasteiger partial charge in [-0.2, -0.15) is 5.26 Å². The summed E-state index contributed by atoms with van der Waals surface area (Å²) in [5.41, 5.74) is -0.562. The molecule has 0 bridgehead atoms. The van der Waals surface area contributed by atoms with Gasteiger partial charge >= 0.3 is 0 Å². The van der Waals surface area contributed by atoms with Crippen LogP contribution >= 0.6 is 11.8 Å². The van der Waals surface area contributed by atoms with E-state index in [1.54, 1.807) is 11.8 Å². The average Bonchev–Trinajstić information content (AvgIpc) is 2.41. The summed E-state index contributed by atoms with van der Waals surface area (Å²) in [7, 11) is 0. The van der Waals surface area contributed by atoms with Gasteiger partial charge in [0.25, 0.3) is 0 Å². The summed E-state index contributed by atoms with van der Waals surface area (Å²) in [5.74, 6) is 1.18. The highest BCUT2D eigenvalue weighted by Crippen LogP contribution is 2.30. The molecule has 3 nitrogen and oxygen atoms in total. The van der Waals surface area contributed by atoms with Crippen LogP contribution in [0, 0.1) is 11.3 Å². The Morgan fingerprint density at radius 2 is 2.00 bits per heavy atom. The van der Waals surface area contributed by atoms with E-state index >= 15 is 0 Å². The molecule has 0 aromatic heterocycles. The molecule has 1 heterocycles. The van der Waals surface area contributed by atoms with Gasteiger partial charge in [0.05, 0.1) is 11.3 Å². The van der Waals surface area contributed by atoms with Crippen molar-refractivity contribution < 1.29 is 4.79 Å². The lowest BCUT2D eigenvalue weighted by Crippen LogP contribution is -2.51. The largest absolute Gasteiger partial charge is 0.337 e. The van der Waals surface area contributed by atoms with E-state index in [1.165, 1.54) is 12.8 Å². The molecule has 1 unspecified atom stereocenters. The van der Waals surface area contributed by atoms with Gasteiger partial charge < -0.3 is 5.32 Å². The lowest BCUT2D eigenvalue weighted by atomic mass is 9.82. The smallest absolute Gasteiger partial charge is 0.234 e. The zero-order valence-electron chi connectivity index (χ0n) is 10.2. The molecule has 2 aliphatic rings. The highest BCUT2D eigenvalue weighted by atomic mass is 32.2. The van der Waals surface area contributed by atoms with E-state index < -0.39 is 5.54 Å². The van der Waals surface area contributed by atoms with E-state index in [2.05, 4.69) is 11.4 Å². The highest BCUT2D eigenvalue weighted by molar-refractivity contribution is 8.00. The maximum absolute atomic E-state index is 12.1.